The first-order valence-corrected chi connectivity index (χ1v) is 5.12. The molecule has 0 saturated carbocycles. The van der Waals surface area contributed by atoms with Gasteiger partial charge in [-0.2, -0.15) is 0 Å². The largest absolute Gasteiger partial charge is 0.469 e. The third-order valence-electron chi connectivity index (χ3n) is 2.78. The van der Waals surface area contributed by atoms with E-state index in [1.165, 1.54) is 0 Å². The quantitative estimate of drug-likeness (QED) is 0.786. The highest BCUT2D eigenvalue weighted by atomic mass is 19.1. The van der Waals surface area contributed by atoms with Crippen molar-refractivity contribution in [2.45, 2.75) is 31.9 Å². The van der Waals surface area contributed by atoms with E-state index in [4.69, 9.17) is 4.42 Å². The van der Waals surface area contributed by atoms with Crippen molar-refractivity contribution in [3.05, 3.63) is 23.7 Å². The van der Waals surface area contributed by atoms with Crippen molar-refractivity contribution >= 4 is 0 Å². The van der Waals surface area contributed by atoms with Crippen LogP contribution >= 0.6 is 0 Å². The van der Waals surface area contributed by atoms with Gasteiger partial charge < -0.3 is 9.73 Å². The van der Waals surface area contributed by atoms with E-state index >= 15 is 0 Å². The number of hydrogen-bond acceptors (Lipinski definition) is 2. The maximum Gasteiger partial charge on any atom is 0.120 e. The summed E-state index contributed by atoms with van der Waals surface area (Å²) < 4.78 is 19.4. The minimum absolute atomic E-state index is 0.419. The first-order chi connectivity index (χ1) is 6.68. The lowest BCUT2D eigenvalue weighted by Crippen LogP contribution is -2.40. The van der Waals surface area contributed by atoms with Gasteiger partial charge in [0, 0.05) is 6.42 Å². The van der Waals surface area contributed by atoms with Crippen molar-refractivity contribution in [2.24, 2.45) is 0 Å². The molecule has 2 heterocycles. The minimum atomic E-state index is -1.06. The molecule has 0 spiro atoms. The molecule has 2 rings (SSSR count). The molecule has 2 nitrogen and oxygen atoms in total. The number of nitrogens with one attached hydrogen (secondary N) is 1. The molecule has 0 amide bonds. The van der Waals surface area contributed by atoms with Crippen LogP contribution < -0.4 is 5.32 Å². The monoisotopic (exact) mass is 197 g/mol. The van der Waals surface area contributed by atoms with Gasteiger partial charge in [0.05, 0.1) is 6.26 Å². The number of alkyl halides is 1. The van der Waals surface area contributed by atoms with Gasteiger partial charge in [0.25, 0.3) is 0 Å². The lowest BCUT2D eigenvalue weighted by atomic mass is 9.90. The Hall–Kier alpha value is -0.830. The number of hydrogen-bond donors (Lipinski definition) is 1. The van der Waals surface area contributed by atoms with Gasteiger partial charge in [-0.1, -0.05) is 0 Å². The molecule has 0 atom stereocenters. The van der Waals surface area contributed by atoms with Crippen LogP contribution in [0.5, 0.6) is 0 Å². The summed E-state index contributed by atoms with van der Waals surface area (Å²) in [5, 5.41) is 3.16. The SMILES string of the molecule is Cc1coc(CC2(F)CCNCC2)c1. The highest BCUT2D eigenvalue weighted by Crippen LogP contribution is 2.28. The average Bonchev–Trinajstić information content (AvgIpc) is 2.51. The Morgan fingerprint density at radius 1 is 1.50 bits per heavy atom. The van der Waals surface area contributed by atoms with Crippen LogP contribution in [0.25, 0.3) is 0 Å². The van der Waals surface area contributed by atoms with Crippen molar-refractivity contribution in [1.82, 2.24) is 5.32 Å². The van der Waals surface area contributed by atoms with Crippen LogP contribution in [0.2, 0.25) is 0 Å². The Balaban J connectivity index is 2.01. The van der Waals surface area contributed by atoms with Crippen LogP contribution in [0.1, 0.15) is 24.2 Å². The Labute approximate surface area is 83.5 Å². The van der Waals surface area contributed by atoms with Crippen LogP contribution in [0, 0.1) is 6.92 Å². The van der Waals surface area contributed by atoms with Gasteiger partial charge in [0.1, 0.15) is 11.4 Å². The second kappa shape index (κ2) is 3.73. The third kappa shape index (κ3) is 2.15. The fourth-order valence-electron chi connectivity index (χ4n) is 1.95. The molecule has 78 valence electrons. The summed E-state index contributed by atoms with van der Waals surface area (Å²) in [6.07, 6.45) is 3.28. The molecule has 1 aliphatic rings. The summed E-state index contributed by atoms with van der Waals surface area (Å²) in [4.78, 5) is 0. The molecule has 0 aromatic carbocycles. The van der Waals surface area contributed by atoms with Crippen molar-refractivity contribution in [2.75, 3.05) is 13.1 Å². The first-order valence-electron chi connectivity index (χ1n) is 5.12. The zero-order chi connectivity index (χ0) is 10.0. The molecule has 0 unspecified atom stereocenters. The Morgan fingerprint density at radius 2 is 2.21 bits per heavy atom. The van der Waals surface area contributed by atoms with E-state index in [0.717, 1.165) is 24.4 Å². The molecule has 1 aliphatic heterocycles. The van der Waals surface area contributed by atoms with Crippen LogP contribution in [0.4, 0.5) is 4.39 Å². The van der Waals surface area contributed by atoms with E-state index in [1.54, 1.807) is 6.26 Å². The Bertz CT molecular complexity index is 302. The zero-order valence-corrected chi connectivity index (χ0v) is 8.48. The van der Waals surface area contributed by atoms with Gasteiger partial charge in [-0.3, -0.25) is 0 Å². The van der Waals surface area contributed by atoms with E-state index in [-0.39, 0.29) is 0 Å². The topological polar surface area (TPSA) is 25.2 Å². The highest BCUT2D eigenvalue weighted by Gasteiger charge is 2.32. The standard InChI is InChI=1S/C11H16FNO/c1-9-6-10(14-8-9)7-11(12)2-4-13-5-3-11/h6,8,13H,2-5,7H2,1H3. The summed E-state index contributed by atoms with van der Waals surface area (Å²) in [5.41, 5.74) is 0.00718. The zero-order valence-electron chi connectivity index (χ0n) is 8.48. The average molecular weight is 197 g/mol. The molecule has 0 radical (unpaired) electrons. The van der Waals surface area contributed by atoms with Gasteiger partial charge in [-0.05, 0) is 44.5 Å². The Morgan fingerprint density at radius 3 is 2.79 bits per heavy atom. The number of aryl methyl sites for hydroxylation is 1. The summed E-state index contributed by atoms with van der Waals surface area (Å²) in [7, 11) is 0. The van der Waals surface area contributed by atoms with Crippen molar-refractivity contribution in [3.63, 3.8) is 0 Å². The minimum Gasteiger partial charge on any atom is -0.469 e. The predicted octanol–water partition coefficient (Wildman–Crippen LogP) is 2.22. The fourth-order valence-corrected chi connectivity index (χ4v) is 1.95. The van der Waals surface area contributed by atoms with Gasteiger partial charge in [0.2, 0.25) is 0 Å². The van der Waals surface area contributed by atoms with Gasteiger partial charge in [-0.25, -0.2) is 4.39 Å². The van der Waals surface area contributed by atoms with E-state index < -0.39 is 5.67 Å². The molecular formula is C11H16FNO. The second-order valence-corrected chi connectivity index (χ2v) is 4.17. The molecule has 3 heteroatoms. The van der Waals surface area contributed by atoms with E-state index in [0.29, 0.717) is 19.3 Å². The van der Waals surface area contributed by atoms with Crippen molar-refractivity contribution in [3.8, 4) is 0 Å². The number of furan rings is 1. The van der Waals surface area contributed by atoms with Gasteiger partial charge in [0.15, 0.2) is 0 Å². The molecule has 1 aromatic heterocycles. The van der Waals surface area contributed by atoms with E-state index in [2.05, 4.69) is 5.32 Å². The van der Waals surface area contributed by atoms with Crippen molar-refractivity contribution < 1.29 is 8.81 Å². The highest BCUT2D eigenvalue weighted by molar-refractivity contribution is 5.12. The smallest absolute Gasteiger partial charge is 0.120 e. The Kier molecular flexibility index (Phi) is 2.59. The van der Waals surface area contributed by atoms with Gasteiger partial charge in [-0.15, -0.1) is 0 Å². The van der Waals surface area contributed by atoms with Gasteiger partial charge >= 0.3 is 0 Å². The maximum absolute atomic E-state index is 14.2. The maximum atomic E-state index is 14.2. The molecule has 0 bridgehead atoms. The number of halogens is 1. The lowest BCUT2D eigenvalue weighted by molar-refractivity contribution is 0.109. The second-order valence-electron chi connectivity index (χ2n) is 4.17. The first kappa shape index (κ1) is 9.71. The normalized spacial score (nSPS) is 21.0. The van der Waals surface area contributed by atoms with Crippen LogP contribution in [0.15, 0.2) is 16.7 Å². The number of rotatable bonds is 2. The lowest BCUT2D eigenvalue weighted by Gasteiger charge is -2.29. The summed E-state index contributed by atoms with van der Waals surface area (Å²) in [6.45, 7) is 3.51. The van der Waals surface area contributed by atoms with Crippen molar-refractivity contribution in [1.29, 1.82) is 0 Å². The summed E-state index contributed by atoms with van der Waals surface area (Å²) in [6, 6.07) is 1.92. The number of piperidine rings is 1. The molecular weight excluding hydrogens is 181 g/mol. The summed E-state index contributed by atoms with van der Waals surface area (Å²) in [5.74, 6) is 0.770. The van der Waals surface area contributed by atoms with Crippen LogP contribution in [-0.2, 0) is 6.42 Å². The molecule has 0 aliphatic carbocycles. The van der Waals surface area contributed by atoms with E-state index in [1.807, 2.05) is 13.0 Å². The molecule has 1 saturated heterocycles. The fraction of sp³-hybridized carbons (Fsp3) is 0.636. The molecule has 14 heavy (non-hydrogen) atoms. The molecule has 1 fully saturated rings. The van der Waals surface area contributed by atoms with Crippen LogP contribution in [-0.4, -0.2) is 18.8 Å². The van der Waals surface area contributed by atoms with E-state index in [9.17, 15) is 4.39 Å². The van der Waals surface area contributed by atoms with Crippen LogP contribution in [0.3, 0.4) is 0 Å². The molecule has 1 aromatic rings. The third-order valence-corrected chi connectivity index (χ3v) is 2.78. The predicted molar refractivity (Wildman–Crippen MR) is 53.1 cm³/mol. The summed E-state index contributed by atoms with van der Waals surface area (Å²) >= 11 is 0. The molecule has 1 N–H and O–H groups in total.